The van der Waals surface area contributed by atoms with Crippen molar-refractivity contribution in [3.8, 4) is 0 Å². The molecule has 116 valence electrons. The van der Waals surface area contributed by atoms with Crippen LogP contribution in [0, 0.1) is 0 Å². The normalized spacial score (nSPS) is 15.0. The van der Waals surface area contributed by atoms with E-state index in [1.165, 1.54) is 12.1 Å². The Kier molecular flexibility index (Phi) is 6.55. The number of carbonyl (C=O) groups excluding carboxylic acids is 1. The number of aromatic carboxylic acids is 1. The third kappa shape index (κ3) is 5.30. The summed E-state index contributed by atoms with van der Waals surface area (Å²) in [6, 6.07) is 6.22. The van der Waals surface area contributed by atoms with Gasteiger partial charge in [0.15, 0.2) is 0 Å². The molecular formula is C15H20O5S. The average Bonchev–Trinajstić information content (AvgIpc) is 2.46. The fourth-order valence-electron chi connectivity index (χ4n) is 1.57. The lowest BCUT2D eigenvalue weighted by Crippen LogP contribution is -2.28. The minimum absolute atomic E-state index is 0.123. The van der Waals surface area contributed by atoms with Gasteiger partial charge in [0.2, 0.25) is 0 Å². The molecule has 1 rings (SSSR count). The summed E-state index contributed by atoms with van der Waals surface area (Å²) in [7, 11) is -1.45. The van der Waals surface area contributed by atoms with Gasteiger partial charge in [0.25, 0.3) is 0 Å². The molecule has 1 N–H and O–H groups in total. The Morgan fingerprint density at radius 1 is 1.33 bits per heavy atom. The topological polar surface area (TPSA) is 80.7 Å². The van der Waals surface area contributed by atoms with Gasteiger partial charge in [0.1, 0.15) is 5.25 Å². The maximum atomic E-state index is 12.2. The number of carboxylic acid groups (broad SMARTS) is 1. The second kappa shape index (κ2) is 7.93. The number of rotatable bonds is 7. The maximum Gasteiger partial charge on any atom is 0.335 e. The first kappa shape index (κ1) is 17.4. The Balaban J connectivity index is 2.70. The van der Waals surface area contributed by atoms with Crippen LogP contribution in [-0.2, 0) is 26.1 Å². The second-order valence-corrected chi connectivity index (χ2v) is 6.59. The van der Waals surface area contributed by atoms with Crippen LogP contribution in [-0.4, -0.2) is 32.6 Å². The first-order valence-corrected chi connectivity index (χ1v) is 8.13. The number of esters is 1. The van der Waals surface area contributed by atoms with Crippen LogP contribution in [0.5, 0.6) is 0 Å². The summed E-state index contributed by atoms with van der Waals surface area (Å²) in [5.41, 5.74) is 0.760. The number of benzene rings is 1. The quantitative estimate of drug-likeness (QED) is 0.782. The third-order valence-corrected chi connectivity index (χ3v) is 4.70. The van der Waals surface area contributed by atoms with Gasteiger partial charge in [-0.1, -0.05) is 19.1 Å². The van der Waals surface area contributed by atoms with E-state index in [0.29, 0.717) is 12.0 Å². The minimum Gasteiger partial charge on any atom is -0.478 e. The van der Waals surface area contributed by atoms with Crippen molar-refractivity contribution < 1.29 is 23.6 Å². The standard InChI is InChI=1S/C15H20O5S/c1-4-10(2)20-15(18)11(3)21(19)9-12-6-5-7-13(8-12)14(16)17/h5-8,10-11H,4,9H2,1-3H3,(H,16,17). The molecule has 3 atom stereocenters. The predicted octanol–water partition coefficient (Wildman–Crippen LogP) is 2.36. The Labute approximate surface area is 126 Å². The van der Waals surface area contributed by atoms with E-state index in [-0.39, 0.29) is 17.4 Å². The van der Waals surface area contributed by atoms with Gasteiger partial charge in [0, 0.05) is 16.6 Å². The highest BCUT2D eigenvalue weighted by molar-refractivity contribution is 7.85. The number of hydrogen-bond donors (Lipinski definition) is 1. The molecule has 0 aromatic heterocycles. The zero-order chi connectivity index (χ0) is 16.0. The van der Waals surface area contributed by atoms with Gasteiger partial charge in [-0.25, -0.2) is 4.79 Å². The van der Waals surface area contributed by atoms with Gasteiger partial charge in [-0.05, 0) is 38.0 Å². The molecule has 0 spiro atoms. The Morgan fingerprint density at radius 2 is 2.00 bits per heavy atom. The van der Waals surface area contributed by atoms with Crippen molar-refractivity contribution >= 4 is 22.7 Å². The number of carbonyl (C=O) groups is 2. The maximum absolute atomic E-state index is 12.2. The van der Waals surface area contributed by atoms with E-state index in [1.807, 2.05) is 6.92 Å². The monoisotopic (exact) mass is 312 g/mol. The van der Waals surface area contributed by atoms with Gasteiger partial charge >= 0.3 is 11.9 Å². The smallest absolute Gasteiger partial charge is 0.335 e. The fraction of sp³-hybridized carbons (Fsp3) is 0.467. The first-order valence-electron chi connectivity index (χ1n) is 6.75. The SMILES string of the molecule is CCC(C)OC(=O)C(C)S(=O)Cc1cccc(C(=O)O)c1. The van der Waals surface area contributed by atoms with E-state index < -0.39 is 28.0 Å². The number of ether oxygens (including phenoxy) is 1. The third-order valence-electron chi connectivity index (χ3n) is 3.10. The molecule has 3 unspecified atom stereocenters. The van der Waals surface area contributed by atoms with Crippen LogP contribution in [0.4, 0.5) is 0 Å². The molecule has 0 heterocycles. The van der Waals surface area contributed by atoms with Crippen LogP contribution in [0.15, 0.2) is 24.3 Å². The van der Waals surface area contributed by atoms with Gasteiger partial charge in [-0.2, -0.15) is 0 Å². The van der Waals surface area contributed by atoms with Crippen LogP contribution in [0.2, 0.25) is 0 Å². The molecule has 0 aliphatic rings. The molecule has 0 radical (unpaired) electrons. The Hall–Kier alpha value is -1.69. The van der Waals surface area contributed by atoms with Crippen LogP contribution in [0.3, 0.4) is 0 Å². The Bertz CT molecular complexity index is 541. The predicted molar refractivity (Wildman–Crippen MR) is 80.6 cm³/mol. The van der Waals surface area contributed by atoms with Gasteiger partial charge in [-0.15, -0.1) is 0 Å². The van der Waals surface area contributed by atoms with Crippen molar-refractivity contribution in [2.24, 2.45) is 0 Å². The van der Waals surface area contributed by atoms with E-state index in [2.05, 4.69) is 0 Å². The van der Waals surface area contributed by atoms with Crippen molar-refractivity contribution in [1.82, 2.24) is 0 Å². The molecule has 0 aliphatic carbocycles. The second-order valence-electron chi connectivity index (χ2n) is 4.83. The summed E-state index contributed by atoms with van der Waals surface area (Å²) in [5.74, 6) is -1.40. The first-order chi connectivity index (χ1) is 9.85. The molecule has 1 aromatic rings. The molecule has 0 saturated carbocycles. The lowest BCUT2D eigenvalue weighted by Gasteiger charge is -2.15. The number of hydrogen-bond acceptors (Lipinski definition) is 4. The minimum atomic E-state index is -1.45. The molecule has 6 heteroatoms. The summed E-state index contributed by atoms with van der Waals surface area (Å²) in [6.07, 6.45) is 0.499. The molecule has 0 amide bonds. The highest BCUT2D eigenvalue weighted by atomic mass is 32.2. The molecule has 5 nitrogen and oxygen atoms in total. The molecule has 0 aliphatic heterocycles. The summed E-state index contributed by atoms with van der Waals surface area (Å²) in [5, 5.41) is 8.17. The van der Waals surface area contributed by atoms with Crippen molar-refractivity contribution in [2.75, 3.05) is 0 Å². The molecule has 0 bridgehead atoms. The molecule has 21 heavy (non-hydrogen) atoms. The van der Waals surface area contributed by atoms with Gasteiger partial charge < -0.3 is 9.84 Å². The van der Waals surface area contributed by atoms with E-state index >= 15 is 0 Å². The molecular weight excluding hydrogens is 292 g/mol. The summed E-state index contributed by atoms with van der Waals surface area (Å²) in [6.45, 7) is 5.24. The zero-order valence-electron chi connectivity index (χ0n) is 12.4. The summed E-state index contributed by atoms with van der Waals surface area (Å²) >= 11 is 0. The van der Waals surface area contributed by atoms with Gasteiger partial charge in [-0.3, -0.25) is 9.00 Å². The highest BCUT2D eigenvalue weighted by Crippen LogP contribution is 2.12. The van der Waals surface area contributed by atoms with Crippen LogP contribution < -0.4 is 0 Å². The lowest BCUT2D eigenvalue weighted by atomic mass is 10.1. The largest absolute Gasteiger partial charge is 0.478 e. The van der Waals surface area contributed by atoms with E-state index in [1.54, 1.807) is 26.0 Å². The molecule has 0 fully saturated rings. The number of carboxylic acids is 1. The van der Waals surface area contributed by atoms with Crippen molar-refractivity contribution in [1.29, 1.82) is 0 Å². The summed E-state index contributed by atoms with van der Waals surface area (Å²) < 4.78 is 17.3. The molecule has 0 saturated heterocycles. The zero-order valence-corrected chi connectivity index (χ0v) is 13.2. The van der Waals surface area contributed by atoms with Crippen molar-refractivity contribution in [3.63, 3.8) is 0 Å². The Morgan fingerprint density at radius 3 is 2.57 bits per heavy atom. The van der Waals surface area contributed by atoms with Crippen LogP contribution >= 0.6 is 0 Å². The van der Waals surface area contributed by atoms with E-state index in [9.17, 15) is 13.8 Å². The average molecular weight is 312 g/mol. The van der Waals surface area contributed by atoms with Gasteiger partial charge in [0.05, 0.1) is 11.7 Å². The van der Waals surface area contributed by atoms with E-state index in [4.69, 9.17) is 9.84 Å². The summed E-state index contributed by atoms with van der Waals surface area (Å²) in [4.78, 5) is 22.7. The molecule has 1 aromatic carbocycles. The van der Waals surface area contributed by atoms with Crippen molar-refractivity contribution in [3.05, 3.63) is 35.4 Å². The lowest BCUT2D eigenvalue weighted by molar-refractivity contribution is -0.147. The van der Waals surface area contributed by atoms with Crippen molar-refractivity contribution in [2.45, 2.75) is 44.3 Å². The van der Waals surface area contributed by atoms with Crippen LogP contribution in [0.1, 0.15) is 43.1 Å². The van der Waals surface area contributed by atoms with Crippen LogP contribution in [0.25, 0.3) is 0 Å². The fourth-order valence-corrected chi connectivity index (χ4v) is 2.60. The van der Waals surface area contributed by atoms with E-state index in [0.717, 1.165) is 0 Å². The highest BCUT2D eigenvalue weighted by Gasteiger charge is 2.23.